The SMILES string of the molecule is CC1(C(=O)O)CCCN1C(=O)CSc1ccc(F)cc1F. The van der Waals surface area contributed by atoms with Gasteiger partial charge >= 0.3 is 5.97 Å². The normalized spacial score (nSPS) is 21.6. The van der Waals surface area contributed by atoms with E-state index >= 15 is 0 Å². The first-order valence-electron chi connectivity index (χ1n) is 6.46. The fourth-order valence-corrected chi connectivity index (χ4v) is 3.19. The Kier molecular flexibility index (Phi) is 4.51. The number of thioether (sulfide) groups is 1. The van der Waals surface area contributed by atoms with Crippen molar-refractivity contribution in [1.82, 2.24) is 4.90 Å². The molecule has 0 saturated carbocycles. The second kappa shape index (κ2) is 6.01. The summed E-state index contributed by atoms with van der Waals surface area (Å²) in [6, 6.07) is 3.14. The van der Waals surface area contributed by atoms with Gasteiger partial charge in [0, 0.05) is 17.5 Å². The van der Waals surface area contributed by atoms with Gasteiger partial charge in [0.1, 0.15) is 17.2 Å². The molecule has 1 N–H and O–H groups in total. The van der Waals surface area contributed by atoms with Gasteiger partial charge in [-0.1, -0.05) is 0 Å². The summed E-state index contributed by atoms with van der Waals surface area (Å²) in [5.41, 5.74) is -1.20. The van der Waals surface area contributed by atoms with Crippen LogP contribution in [0.5, 0.6) is 0 Å². The third-order valence-corrected chi connectivity index (χ3v) is 4.68. The zero-order valence-corrected chi connectivity index (χ0v) is 12.3. The summed E-state index contributed by atoms with van der Waals surface area (Å²) in [7, 11) is 0. The van der Waals surface area contributed by atoms with E-state index < -0.39 is 23.1 Å². The number of nitrogens with zero attached hydrogens (tertiary/aromatic N) is 1. The van der Waals surface area contributed by atoms with Gasteiger partial charge in [-0.15, -0.1) is 11.8 Å². The number of benzene rings is 1. The molecule has 4 nitrogen and oxygen atoms in total. The number of aliphatic carboxylic acids is 1. The minimum absolute atomic E-state index is 0.0780. The molecule has 1 atom stereocenters. The summed E-state index contributed by atoms with van der Waals surface area (Å²) in [5, 5.41) is 9.25. The van der Waals surface area contributed by atoms with E-state index in [0.717, 1.165) is 23.9 Å². The monoisotopic (exact) mass is 315 g/mol. The lowest BCUT2D eigenvalue weighted by Gasteiger charge is -2.31. The Hall–Kier alpha value is -1.63. The minimum atomic E-state index is -1.20. The molecule has 1 aromatic rings. The Morgan fingerprint density at radius 2 is 2.14 bits per heavy atom. The molecule has 0 bridgehead atoms. The van der Waals surface area contributed by atoms with Crippen LogP contribution < -0.4 is 0 Å². The zero-order valence-electron chi connectivity index (χ0n) is 11.4. The van der Waals surface area contributed by atoms with Gasteiger partial charge in [-0.05, 0) is 31.9 Å². The van der Waals surface area contributed by atoms with Gasteiger partial charge < -0.3 is 10.0 Å². The highest BCUT2D eigenvalue weighted by Crippen LogP contribution is 2.31. The Balaban J connectivity index is 2.03. The Morgan fingerprint density at radius 3 is 2.76 bits per heavy atom. The Bertz CT molecular complexity index is 581. The highest BCUT2D eigenvalue weighted by Gasteiger charge is 2.45. The molecule has 114 valence electrons. The summed E-state index contributed by atoms with van der Waals surface area (Å²) in [6.07, 6.45) is 1.04. The van der Waals surface area contributed by atoms with E-state index in [2.05, 4.69) is 0 Å². The first kappa shape index (κ1) is 15.8. The molecule has 21 heavy (non-hydrogen) atoms. The van der Waals surface area contributed by atoms with Crippen molar-refractivity contribution >= 4 is 23.6 Å². The van der Waals surface area contributed by atoms with Crippen LogP contribution in [0.4, 0.5) is 8.78 Å². The topological polar surface area (TPSA) is 57.6 Å². The van der Waals surface area contributed by atoms with Gasteiger partial charge in [-0.25, -0.2) is 13.6 Å². The van der Waals surface area contributed by atoms with Gasteiger partial charge in [-0.3, -0.25) is 4.79 Å². The van der Waals surface area contributed by atoms with Crippen molar-refractivity contribution in [2.24, 2.45) is 0 Å². The van der Waals surface area contributed by atoms with E-state index in [-0.39, 0.29) is 16.6 Å². The number of carbonyl (C=O) groups is 2. The molecule has 7 heteroatoms. The van der Waals surface area contributed by atoms with Gasteiger partial charge in [0.25, 0.3) is 0 Å². The van der Waals surface area contributed by atoms with E-state index in [1.807, 2.05) is 0 Å². The second-order valence-corrected chi connectivity index (χ2v) is 6.11. The van der Waals surface area contributed by atoms with Crippen molar-refractivity contribution in [2.75, 3.05) is 12.3 Å². The molecule has 2 rings (SSSR count). The van der Waals surface area contributed by atoms with Crippen molar-refractivity contribution in [1.29, 1.82) is 0 Å². The minimum Gasteiger partial charge on any atom is -0.480 e. The maximum absolute atomic E-state index is 13.5. The fraction of sp³-hybridized carbons (Fsp3) is 0.429. The highest BCUT2D eigenvalue weighted by atomic mass is 32.2. The molecule has 1 aromatic carbocycles. The lowest BCUT2D eigenvalue weighted by molar-refractivity contribution is -0.154. The number of carbonyl (C=O) groups excluding carboxylic acids is 1. The molecule has 1 aliphatic heterocycles. The molecule has 1 heterocycles. The Labute approximate surface area is 125 Å². The maximum atomic E-state index is 13.5. The van der Waals surface area contributed by atoms with Gasteiger partial charge in [-0.2, -0.15) is 0 Å². The molecule has 0 aliphatic carbocycles. The first-order valence-corrected chi connectivity index (χ1v) is 7.45. The van der Waals surface area contributed by atoms with Crippen LogP contribution in [-0.2, 0) is 9.59 Å². The van der Waals surface area contributed by atoms with Crippen molar-refractivity contribution in [2.45, 2.75) is 30.2 Å². The summed E-state index contributed by atoms with van der Waals surface area (Å²) < 4.78 is 26.3. The molecule has 1 saturated heterocycles. The molecule has 1 amide bonds. The van der Waals surface area contributed by atoms with Crippen LogP contribution in [-0.4, -0.2) is 39.7 Å². The summed E-state index contributed by atoms with van der Waals surface area (Å²) in [6.45, 7) is 1.90. The van der Waals surface area contributed by atoms with Gasteiger partial charge in [0.2, 0.25) is 5.91 Å². The number of halogens is 2. The van der Waals surface area contributed by atoms with Crippen LogP contribution in [0.15, 0.2) is 23.1 Å². The smallest absolute Gasteiger partial charge is 0.329 e. The van der Waals surface area contributed by atoms with Crippen LogP contribution in [0.1, 0.15) is 19.8 Å². The summed E-state index contributed by atoms with van der Waals surface area (Å²) in [5.74, 6) is -2.88. The second-order valence-electron chi connectivity index (χ2n) is 5.09. The first-order chi connectivity index (χ1) is 9.84. The number of amides is 1. The van der Waals surface area contributed by atoms with E-state index in [1.165, 1.54) is 17.9 Å². The predicted octanol–water partition coefficient (Wildman–Crippen LogP) is 2.52. The van der Waals surface area contributed by atoms with Crippen LogP contribution in [0, 0.1) is 11.6 Å². The number of rotatable bonds is 4. The lowest BCUT2D eigenvalue weighted by Crippen LogP contribution is -2.51. The molecule has 0 radical (unpaired) electrons. The molecule has 0 aromatic heterocycles. The molecular formula is C14H15F2NO3S. The predicted molar refractivity (Wildman–Crippen MR) is 74.1 cm³/mol. The van der Waals surface area contributed by atoms with E-state index in [9.17, 15) is 23.5 Å². The lowest BCUT2D eigenvalue weighted by atomic mass is 9.99. The molecular weight excluding hydrogens is 300 g/mol. The van der Waals surface area contributed by atoms with Crippen LogP contribution in [0.25, 0.3) is 0 Å². The van der Waals surface area contributed by atoms with Crippen molar-refractivity contribution in [3.63, 3.8) is 0 Å². The number of carboxylic acid groups (broad SMARTS) is 1. The number of hydrogen-bond donors (Lipinski definition) is 1. The van der Waals surface area contributed by atoms with Crippen molar-refractivity contribution in [3.8, 4) is 0 Å². The average molecular weight is 315 g/mol. The largest absolute Gasteiger partial charge is 0.480 e. The van der Waals surface area contributed by atoms with Crippen molar-refractivity contribution < 1.29 is 23.5 Å². The van der Waals surface area contributed by atoms with Crippen LogP contribution in [0.2, 0.25) is 0 Å². The third kappa shape index (κ3) is 3.18. The molecule has 1 aliphatic rings. The molecule has 1 fully saturated rings. The van der Waals surface area contributed by atoms with Crippen molar-refractivity contribution in [3.05, 3.63) is 29.8 Å². The average Bonchev–Trinajstić information content (AvgIpc) is 2.81. The van der Waals surface area contributed by atoms with E-state index in [1.54, 1.807) is 0 Å². The zero-order chi connectivity index (χ0) is 15.6. The molecule has 1 unspecified atom stereocenters. The summed E-state index contributed by atoms with van der Waals surface area (Å²) in [4.78, 5) is 25.0. The maximum Gasteiger partial charge on any atom is 0.329 e. The highest BCUT2D eigenvalue weighted by molar-refractivity contribution is 8.00. The number of carboxylic acids is 1. The summed E-state index contributed by atoms with van der Waals surface area (Å²) >= 11 is 0.937. The van der Waals surface area contributed by atoms with Crippen LogP contribution in [0.3, 0.4) is 0 Å². The molecule has 0 spiro atoms. The Morgan fingerprint density at radius 1 is 1.43 bits per heavy atom. The van der Waals surface area contributed by atoms with E-state index in [0.29, 0.717) is 19.4 Å². The number of hydrogen-bond acceptors (Lipinski definition) is 3. The van der Waals surface area contributed by atoms with Gasteiger partial charge in [0.15, 0.2) is 0 Å². The van der Waals surface area contributed by atoms with Crippen LogP contribution >= 0.6 is 11.8 Å². The van der Waals surface area contributed by atoms with E-state index in [4.69, 9.17) is 0 Å². The third-order valence-electron chi connectivity index (χ3n) is 3.65. The number of likely N-dealkylation sites (tertiary alicyclic amines) is 1. The standard InChI is InChI=1S/C14H15F2NO3S/c1-14(13(19)20)5-2-6-17(14)12(18)8-21-11-4-3-9(15)7-10(11)16/h3-4,7H,2,5-6,8H2,1H3,(H,19,20). The quantitative estimate of drug-likeness (QED) is 0.868. The van der Waals surface area contributed by atoms with Gasteiger partial charge in [0.05, 0.1) is 5.75 Å². The fourth-order valence-electron chi connectivity index (χ4n) is 2.40.